The summed E-state index contributed by atoms with van der Waals surface area (Å²) in [7, 11) is 5.08. The van der Waals surface area contributed by atoms with Crippen LogP contribution in [0.1, 0.15) is 5.82 Å². The van der Waals surface area contributed by atoms with Crippen LogP contribution in [0.5, 0.6) is 17.4 Å². The fraction of sp³-hybridized carbons (Fsp3) is 0.308. The van der Waals surface area contributed by atoms with E-state index in [1.807, 2.05) is 34.1 Å². The summed E-state index contributed by atoms with van der Waals surface area (Å²) >= 11 is 6.41. The standard InChI is InChI=1S/C26H29ClN8O3/c1-33(2)26(36)35-12-10-34(11-13-35)25-31-22(28-16-23-29-19-6-4-5-7-20(19)30-23)15-24(32-25)38-21-9-8-17(37-3)14-18(21)27/h4-9,14-15H,10-13,16H2,1-3H3,(H,29,30)(H,28,31,32). The number of aromatic nitrogens is 4. The number of fused-ring (bicyclic) bond motifs is 1. The molecule has 0 spiro atoms. The van der Waals surface area contributed by atoms with E-state index in [0.29, 0.717) is 66.9 Å². The average Bonchev–Trinajstić information content (AvgIpc) is 3.36. The first-order valence-electron chi connectivity index (χ1n) is 12.2. The molecule has 1 aliphatic rings. The molecule has 11 nitrogen and oxygen atoms in total. The van der Waals surface area contributed by atoms with Crippen LogP contribution in [0.25, 0.3) is 11.0 Å². The number of carbonyl (C=O) groups is 1. The fourth-order valence-corrected chi connectivity index (χ4v) is 4.35. The van der Waals surface area contributed by atoms with E-state index in [4.69, 9.17) is 26.1 Å². The van der Waals surface area contributed by atoms with Crippen LogP contribution in [0.4, 0.5) is 16.6 Å². The second-order valence-electron chi connectivity index (χ2n) is 9.00. The van der Waals surface area contributed by atoms with Gasteiger partial charge in [0.1, 0.15) is 23.1 Å². The maximum atomic E-state index is 12.4. The lowest BCUT2D eigenvalue weighted by atomic mass is 10.3. The van der Waals surface area contributed by atoms with E-state index in [1.54, 1.807) is 50.4 Å². The van der Waals surface area contributed by atoms with Gasteiger partial charge in [-0.15, -0.1) is 0 Å². The van der Waals surface area contributed by atoms with Gasteiger partial charge in [0.05, 0.1) is 29.7 Å². The Morgan fingerprint density at radius 3 is 2.58 bits per heavy atom. The molecule has 1 saturated heterocycles. The number of rotatable bonds is 7. The summed E-state index contributed by atoms with van der Waals surface area (Å²) in [5.41, 5.74) is 1.87. The van der Waals surface area contributed by atoms with Gasteiger partial charge in [-0.1, -0.05) is 23.7 Å². The second-order valence-corrected chi connectivity index (χ2v) is 9.40. The lowest BCUT2D eigenvalue weighted by Gasteiger charge is -2.36. The Labute approximate surface area is 225 Å². The first-order valence-corrected chi connectivity index (χ1v) is 12.6. The highest BCUT2D eigenvalue weighted by atomic mass is 35.5. The molecule has 2 amide bonds. The summed E-state index contributed by atoms with van der Waals surface area (Å²) in [4.78, 5) is 35.1. The van der Waals surface area contributed by atoms with Gasteiger partial charge in [-0.2, -0.15) is 9.97 Å². The van der Waals surface area contributed by atoms with Crippen LogP contribution in [0.15, 0.2) is 48.5 Å². The smallest absolute Gasteiger partial charge is 0.319 e. The van der Waals surface area contributed by atoms with Gasteiger partial charge in [-0.05, 0) is 24.3 Å². The summed E-state index contributed by atoms with van der Waals surface area (Å²) in [5, 5.41) is 3.73. The van der Waals surface area contributed by atoms with E-state index >= 15 is 0 Å². The molecule has 2 aromatic heterocycles. The molecule has 1 fully saturated rings. The van der Waals surface area contributed by atoms with Crippen molar-refractivity contribution in [3.05, 3.63) is 59.4 Å². The number of para-hydroxylation sites is 2. The van der Waals surface area contributed by atoms with Crippen molar-refractivity contribution in [2.45, 2.75) is 6.54 Å². The lowest BCUT2D eigenvalue weighted by molar-refractivity contribution is 0.167. The number of benzene rings is 2. The van der Waals surface area contributed by atoms with Crippen LogP contribution in [0.3, 0.4) is 0 Å². The summed E-state index contributed by atoms with van der Waals surface area (Å²) in [6, 6.07) is 14.8. The lowest BCUT2D eigenvalue weighted by Crippen LogP contribution is -2.51. The molecule has 0 radical (unpaired) electrons. The number of aromatic amines is 1. The predicted octanol–water partition coefficient (Wildman–Crippen LogP) is 4.22. The number of halogens is 1. The molecular weight excluding hydrogens is 508 g/mol. The van der Waals surface area contributed by atoms with Crippen molar-refractivity contribution in [1.29, 1.82) is 0 Å². The number of nitrogens with zero attached hydrogens (tertiary/aromatic N) is 6. The third-order valence-electron chi connectivity index (χ3n) is 6.14. The zero-order valence-electron chi connectivity index (χ0n) is 21.4. The summed E-state index contributed by atoms with van der Waals surface area (Å²) in [5.74, 6) is 3.26. The number of amides is 2. The largest absolute Gasteiger partial charge is 0.497 e. The van der Waals surface area contributed by atoms with Gasteiger partial charge in [0.2, 0.25) is 11.8 Å². The minimum atomic E-state index is -0.00927. The van der Waals surface area contributed by atoms with Crippen molar-refractivity contribution in [2.24, 2.45) is 0 Å². The van der Waals surface area contributed by atoms with E-state index in [2.05, 4.69) is 20.3 Å². The molecular formula is C26H29ClN8O3. The highest BCUT2D eigenvalue weighted by Gasteiger charge is 2.24. The topological polar surface area (TPSA) is 112 Å². The van der Waals surface area contributed by atoms with Crippen molar-refractivity contribution in [3.8, 4) is 17.4 Å². The van der Waals surface area contributed by atoms with Gasteiger partial charge < -0.3 is 34.5 Å². The monoisotopic (exact) mass is 536 g/mol. The van der Waals surface area contributed by atoms with Crippen LogP contribution in [0, 0.1) is 0 Å². The number of imidazole rings is 1. The number of H-pyrrole nitrogens is 1. The molecule has 0 aliphatic carbocycles. The van der Waals surface area contributed by atoms with E-state index in [1.165, 1.54) is 0 Å². The third kappa shape index (κ3) is 5.67. The number of hydrogen-bond donors (Lipinski definition) is 2. The Balaban J connectivity index is 1.38. The Morgan fingerprint density at radius 1 is 1.08 bits per heavy atom. The SMILES string of the molecule is COc1ccc(Oc2cc(NCc3nc4ccccc4[nH]3)nc(N3CCN(C(=O)N(C)C)CC3)n2)c(Cl)c1. The normalized spacial score (nSPS) is 13.5. The molecule has 198 valence electrons. The Morgan fingerprint density at radius 2 is 1.87 bits per heavy atom. The number of methoxy groups -OCH3 is 1. The van der Waals surface area contributed by atoms with Gasteiger partial charge in [0.15, 0.2) is 0 Å². The van der Waals surface area contributed by atoms with E-state index in [-0.39, 0.29) is 6.03 Å². The molecule has 0 atom stereocenters. The van der Waals surface area contributed by atoms with Crippen molar-refractivity contribution in [3.63, 3.8) is 0 Å². The first-order chi connectivity index (χ1) is 18.4. The summed E-state index contributed by atoms with van der Waals surface area (Å²) in [6.07, 6.45) is 0. The van der Waals surface area contributed by atoms with Gasteiger partial charge >= 0.3 is 6.03 Å². The zero-order chi connectivity index (χ0) is 26.6. The molecule has 1 aliphatic heterocycles. The van der Waals surface area contributed by atoms with Gasteiger partial charge in [-0.3, -0.25) is 0 Å². The minimum Gasteiger partial charge on any atom is -0.497 e. The fourth-order valence-electron chi connectivity index (χ4n) is 4.15. The molecule has 12 heteroatoms. The Kier molecular flexibility index (Phi) is 7.36. The molecule has 0 unspecified atom stereocenters. The van der Waals surface area contributed by atoms with E-state index < -0.39 is 0 Å². The number of nitrogens with one attached hydrogen (secondary N) is 2. The Bertz CT molecular complexity index is 1400. The minimum absolute atomic E-state index is 0.00927. The average molecular weight is 537 g/mol. The molecule has 2 aromatic carbocycles. The molecule has 0 bridgehead atoms. The molecule has 5 rings (SSSR count). The van der Waals surface area contributed by atoms with Gasteiger partial charge in [0, 0.05) is 52.4 Å². The van der Waals surface area contributed by atoms with Crippen LogP contribution in [-0.2, 0) is 6.54 Å². The van der Waals surface area contributed by atoms with Crippen molar-refractivity contribution in [1.82, 2.24) is 29.7 Å². The quantitative estimate of drug-likeness (QED) is 0.361. The maximum absolute atomic E-state index is 12.4. The molecule has 38 heavy (non-hydrogen) atoms. The number of urea groups is 1. The van der Waals surface area contributed by atoms with Crippen LogP contribution in [-0.4, -0.2) is 83.2 Å². The highest BCUT2D eigenvalue weighted by Crippen LogP contribution is 2.33. The molecule has 2 N–H and O–H groups in total. The number of carbonyl (C=O) groups excluding carboxylic acids is 1. The maximum Gasteiger partial charge on any atom is 0.319 e. The molecule has 0 saturated carbocycles. The first kappa shape index (κ1) is 25.4. The number of anilines is 2. The predicted molar refractivity (Wildman–Crippen MR) is 146 cm³/mol. The molecule has 4 aromatic rings. The summed E-state index contributed by atoms with van der Waals surface area (Å²) < 4.78 is 11.3. The van der Waals surface area contributed by atoms with Crippen LogP contribution < -0.4 is 19.7 Å². The Hall–Kier alpha value is -4.25. The molecule has 3 heterocycles. The third-order valence-corrected chi connectivity index (χ3v) is 6.43. The zero-order valence-corrected chi connectivity index (χ0v) is 22.2. The van der Waals surface area contributed by atoms with Crippen molar-refractivity contribution >= 4 is 40.4 Å². The number of piperazine rings is 1. The van der Waals surface area contributed by atoms with Gasteiger partial charge in [0.25, 0.3) is 0 Å². The van der Waals surface area contributed by atoms with Crippen molar-refractivity contribution < 1.29 is 14.3 Å². The second kappa shape index (κ2) is 11.0. The van der Waals surface area contributed by atoms with Crippen LogP contribution in [0.2, 0.25) is 5.02 Å². The van der Waals surface area contributed by atoms with E-state index in [0.717, 1.165) is 16.9 Å². The number of ether oxygens (including phenoxy) is 2. The van der Waals surface area contributed by atoms with Crippen molar-refractivity contribution in [2.75, 3.05) is 57.6 Å². The van der Waals surface area contributed by atoms with E-state index in [9.17, 15) is 4.79 Å². The van der Waals surface area contributed by atoms with Crippen LogP contribution >= 0.6 is 11.6 Å². The highest BCUT2D eigenvalue weighted by molar-refractivity contribution is 6.32. The van der Waals surface area contributed by atoms with Gasteiger partial charge in [-0.25, -0.2) is 9.78 Å². The number of hydrogen-bond acceptors (Lipinski definition) is 8. The summed E-state index contributed by atoms with van der Waals surface area (Å²) in [6.45, 7) is 2.75.